The van der Waals surface area contributed by atoms with Gasteiger partial charge in [0.2, 0.25) is 0 Å². The van der Waals surface area contributed by atoms with Gasteiger partial charge in [0.05, 0.1) is 18.8 Å². The van der Waals surface area contributed by atoms with E-state index < -0.39 is 6.17 Å². The van der Waals surface area contributed by atoms with Gasteiger partial charge in [-0.05, 0) is 43.9 Å². The molecule has 1 heterocycles. The molecule has 0 saturated heterocycles. The van der Waals surface area contributed by atoms with Crippen molar-refractivity contribution in [1.82, 2.24) is 4.57 Å². The Morgan fingerprint density at radius 2 is 2.10 bits per heavy atom. The van der Waals surface area contributed by atoms with Crippen LogP contribution in [0.4, 0.5) is 4.39 Å². The molecule has 0 amide bonds. The predicted molar refractivity (Wildman–Crippen MR) is 79.2 cm³/mol. The third-order valence-corrected chi connectivity index (χ3v) is 3.59. The molecule has 0 bridgehead atoms. The Labute approximate surface area is 118 Å². The first-order chi connectivity index (χ1) is 9.52. The molecule has 0 aliphatic carbocycles. The van der Waals surface area contributed by atoms with Crippen molar-refractivity contribution >= 4 is 10.9 Å². The lowest BCUT2D eigenvalue weighted by atomic mass is 10.0. The van der Waals surface area contributed by atoms with Crippen molar-refractivity contribution in [3.05, 3.63) is 40.2 Å². The monoisotopic (exact) mass is 277 g/mol. The Kier molecular flexibility index (Phi) is 4.42. The number of aromatic nitrogens is 1. The van der Waals surface area contributed by atoms with E-state index in [1.54, 1.807) is 31.7 Å². The molecule has 0 fully saturated rings. The minimum absolute atomic E-state index is 0.0472. The summed E-state index contributed by atoms with van der Waals surface area (Å²) in [5, 5.41) is 1.03. The molecule has 1 unspecified atom stereocenters. The Hall–Kier alpha value is -1.84. The molecule has 1 aromatic carbocycles. The van der Waals surface area contributed by atoms with Gasteiger partial charge in [0.25, 0.3) is 5.56 Å². The van der Waals surface area contributed by atoms with Crippen LogP contribution in [0, 0.1) is 0 Å². The van der Waals surface area contributed by atoms with Gasteiger partial charge >= 0.3 is 0 Å². The molecule has 4 heteroatoms. The van der Waals surface area contributed by atoms with E-state index in [9.17, 15) is 9.18 Å². The van der Waals surface area contributed by atoms with Crippen LogP contribution in [-0.2, 0) is 13.5 Å². The predicted octanol–water partition coefficient (Wildman–Crippen LogP) is 3.23. The van der Waals surface area contributed by atoms with Gasteiger partial charge in [-0.1, -0.05) is 0 Å². The van der Waals surface area contributed by atoms with Crippen LogP contribution in [-0.4, -0.2) is 17.8 Å². The van der Waals surface area contributed by atoms with E-state index in [1.165, 1.54) is 0 Å². The second-order valence-corrected chi connectivity index (χ2v) is 5.12. The number of pyridine rings is 1. The van der Waals surface area contributed by atoms with Gasteiger partial charge in [0, 0.05) is 24.6 Å². The van der Waals surface area contributed by atoms with Crippen LogP contribution in [0.3, 0.4) is 0 Å². The van der Waals surface area contributed by atoms with Crippen molar-refractivity contribution in [1.29, 1.82) is 0 Å². The van der Waals surface area contributed by atoms with Gasteiger partial charge in [-0.15, -0.1) is 0 Å². The van der Waals surface area contributed by atoms with Crippen molar-refractivity contribution in [3.8, 4) is 5.75 Å². The summed E-state index contributed by atoms with van der Waals surface area (Å²) in [6.45, 7) is 1.56. The second-order valence-electron chi connectivity index (χ2n) is 5.12. The summed E-state index contributed by atoms with van der Waals surface area (Å²) < 4.78 is 19.7. The summed E-state index contributed by atoms with van der Waals surface area (Å²) in [5.41, 5.74) is 1.78. The normalized spacial score (nSPS) is 12.6. The molecule has 20 heavy (non-hydrogen) atoms. The smallest absolute Gasteiger partial charge is 0.251 e. The lowest BCUT2D eigenvalue weighted by Gasteiger charge is -2.11. The molecule has 0 aliphatic heterocycles. The number of hydrogen-bond acceptors (Lipinski definition) is 2. The first-order valence-electron chi connectivity index (χ1n) is 6.83. The minimum Gasteiger partial charge on any atom is -0.497 e. The third-order valence-electron chi connectivity index (χ3n) is 3.59. The maximum absolute atomic E-state index is 12.9. The van der Waals surface area contributed by atoms with Crippen LogP contribution < -0.4 is 10.3 Å². The van der Waals surface area contributed by atoms with Crippen molar-refractivity contribution in [2.75, 3.05) is 7.11 Å². The zero-order valence-corrected chi connectivity index (χ0v) is 12.1. The van der Waals surface area contributed by atoms with Crippen LogP contribution in [0.2, 0.25) is 0 Å². The summed E-state index contributed by atoms with van der Waals surface area (Å²) in [4.78, 5) is 12.0. The number of halogens is 1. The van der Waals surface area contributed by atoms with E-state index >= 15 is 0 Å². The van der Waals surface area contributed by atoms with Gasteiger partial charge in [-0.2, -0.15) is 0 Å². The minimum atomic E-state index is -0.798. The standard InChI is InChI=1S/C16H20FNO2/c1-11(17)5-4-6-12-9-16(19)18(2)15-10-13(20-3)7-8-14(12)15/h7-11H,4-6H2,1-3H3. The van der Waals surface area contributed by atoms with Crippen LogP contribution in [0.25, 0.3) is 10.9 Å². The van der Waals surface area contributed by atoms with E-state index in [-0.39, 0.29) is 5.56 Å². The number of nitrogens with zero attached hydrogens (tertiary/aromatic N) is 1. The summed E-state index contributed by atoms with van der Waals surface area (Å²) >= 11 is 0. The van der Waals surface area contributed by atoms with E-state index in [0.717, 1.165) is 28.6 Å². The average Bonchev–Trinajstić information content (AvgIpc) is 2.43. The lowest BCUT2D eigenvalue weighted by molar-refractivity contribution is 0.334. The number of ether oxygens (including phenoxy) is 1. The maximum atomic E-state index is 12.9. The Balaban J connectivity index is 2.44. The van der Waals surface area contributed by atoms with Gasteiger partial charge in [-0.25, -0.2) is 4.39 Å². The third kappa shape index (κ3) is 3.00. The lowest BCUT2D eigenvalue weighted by Crippen LogP contribution is -2.17. The molecule has 0 spiro atoms. The highest BCUT2D eigenvalue weighted by atomic mass is 19.1. The first-order valence-corrected chi connectivity index (χ1v) is 6.83. The number of aryl methyl sites for hydroxylation is 2. The van der Waals surface area contributed by atoms with Crippen molar-refractivity contribution in [2.24, 2.45) is 7.05 Å². The van der Waals surface area contributed by atoms with Gasteiger partial charge in [0.1, 0.15) is 5.75 Å². The SMILES string of the molecule is COc1ccc2c(CCCC(C)F)cc(=O)n(C)c2c1. The molecule has 2 aromatic rings. The molecule has 0 saturated carbocycles. The molecule has 1 atom stereocenters. The maximum Gasteiger partial charge on any atom is 0.251 e. The van der Waals surface area contributed by atoms with Crippen molar-refractivity contribution < 1.29 is 9.13 Å². The molecule has 3 nitrogen and oxygen atoms in total. The summed E-state index contributed by atoms with van der Waals surface area (Å²) in [6.07, 6.45) is 1.18. The van der Waals surface area contributed by atoms with E-state index in [2.05, 4.69) is 0 Å². The van der Waals surface area contributed by atoms with Gasteiger partial charge in [0.15, 0.2) is 0 Å². The van der Waals surface area contributed by atoms with Gasteiger partial charge in [-0.3, -0.25) is 4.79 Å². The van der Waals surface area contributed by atoms with E-state index in [0.29, 0.717) is 12.8 Å². The van der Waals surface area contributed by atoms with E-state index in [1.807, 2.05) is 18.2 Å². The Morgan fingerprint density at radius 3 is 2.75 bits per heavy atom. The quantitative estimate of drug-likeness (QED) is 0.840. The molecule has 1 aromatic heterocycles. The zero-order valence-electron chi connectivity index (χ0n) is 12.1. The summed E-state index contributed by atoms with van der Waals surface area (Å²) in [6, 6.07) is 7.35. The Morgan fingerprint density at radius 1 is 1.35 bits per heavy atom. The molecular weight excluding hydrogens is 257 g/mol. The van der Waals surface area contributed by atoms with Crippen molar-refractivity contribution in [2.45, 2.75) is 32.4 Å². The van der Waals surface area contributed by atoms with Crippen LogP contribution >= 0.6 is 0 Å². The highest BCUT2D eigenvalue weighted by Gasteiger charge is 2.08. The van der Waals surface area contributed by atoms with Crippen molar-refractivity contribution in [3.63, 3.8) is 0 Å². The largest absolute Gasteiger partial charge is 0.497 e. The Bertz CT molecular complexity index is 661. The highest BCUT2D eigenvalue weighted by molar-refractivity contribution is 5.84. The van der Waals surface area contributed by atoms with E-state index in [4.69, 9.17) is 4.74 Å². The second kappa shape index (κ2) is 6.07. The molecule has 0 aliphatic rings. The fourth-order valence-corrected chi connectivity index (χ4v) is 2.41. The number of benzene rings is 1. The summed E-state index contributed by atoms with van der Waals surface area (Å²) in [7, 11) is 3.35. The average molecular weight is 277 g/mol. The number of rotatable bonds is 5. The number of hydrogen-bond donors (Lipinski definition) is 0. The molecular formula is C16H20FNO2. The molecule has 2 rings (SSSR count). The van der Waals surface area contributed by atoms with Crippen LogP contribution in [0.15, 0.2) is 29.1 Å². The number of alkyl halides is 1. The fraction of sp³-hybridized carbons (Fsp3) is 0.438. The topological polar surface area (TPSA) is 31.2 Å². The molecule has 108 valence electrons. The zero-order chi connectivity index (χ0) is 14.7. The first kappa shape index (κ1) is 14.6. The van der Waals surface area contributed by atoms with Gasteiger partial charge < -0.3 is 9.30 Å². The number of methoxy groups -OCH3 is 1. The van der Waals surface area contributed by atoms with Crippen LogP contribution in [0.1, 0.15) is 25.3 Å². The fourth-order valence-electron chi connectivity index (χ4n) is 2.41. The highest BCUT2D eigenvalue weighted by Crippen LogP contribution is 2.23. The molecule has 0 radical (unpaired) electrons. The summed E-state index contributed by atoms with van der Waals surface area (Å²) in [5.74, 6) is 0.724. The number of fused-ring (bicyclic) bond motifs is 1. The van der Waals surface area contributed by atoms with Crippen LogP contribution in [0.5, 0.6) is 5.75 Å². The molecule has 0 N–H and O–H groups in total.